The van der Waals surface area contributed by atoms with Gasteiger partial charge in [-0.25, -0.2) is 0 Å². The van der Waals surface area contributed by atoms with Gasteiger partial charge in [-0.05, 0) is 6.42 Å². The fourth-order valence-corrected chi connectivity index (χ4v) is 3.50. The first kappa shape index (κ1) is 29.7. The van der Waals surface area contributed by atoms with Gasteiger partial charge in [0.15, 0.2) is 0 Å². The van der Waals surface area contributed by atoms with Crippen LogP contribution < -0.4 is 0 Å². The van der Waals surface area contributed by atoms with Crippen molar-refractivity contribution in [3.63, 3.8) is 0 Å². The van der Waals surface area contributed by atoms with E-state index in [4.69, 9.17) is 5.11 Å². The van der Waals surface area contributed by atoms with E-state index in [9.17, 15) is 4.79 Å². The Bertz CT molecular complexity index is 258. The standard InChI is InChI=1S/C20H42.C6H12O2/c1-3-5-7-9-11-13-15-17-19-20-18-16-14-12-10-8-6-4-2;1-2-3-4-5-6(7)8/h3-20H2,1-2H3;2-5H2,1H3,(H,7,8). The molecule has 0 spiro atoms. The van der Waals surface area contributed by atoms with E-state index in [2.05, 4.69) is 20.8 Å². The molecule has 0 amide bonds. The van der Waals surface area contributed by atoms with Crippen molar-refractivity contribution in [3.8, 4) is 0 Å². The minimum atomic E-state index is -0.682. The average Bonchev–Trinajstić information content (AvgIpc) is 2.68. The summed E-state index contributed by atoms with van der Waals surface area (Å²) in [5.74, 6) is -0.682. The molecule has 0 atom stereocenters. The van der Waals surface area contributed by atoms with Gasteiger partial charge in [0.1, 0.15) is 0 Å². The lowest BCUT2D eigenvalue weighted by atomic mass is 10.0. The van der Waals surface area contributed by atoms with E-state index in [-0.39, 0.29) is 0 Å². The lowest BCUT2D eigenvalue weighted by molar-refractivity contribution is -0.137. The fraction of sp³-hybridized carbons (Fsp3) is 0.962. The molecule has 0 aliphatic rings. The zero-order chi connectivity index (χ0) is 21.1. The maximum Gasteiger partial charge on any atom is 0.303 e. The normalized spacial score (nSPS) is 10.5. The van der Waals surface area contributed by atoms with Crippen LogP contribution in [-0.2, 0) is 4.79 Å². The summed E-state index contributed by atoms with van der Waals surface area (Å²) in [6.07, 6.45) is 29.7. The molecule has 0 heterocycles. The van der Waals surface area contributed by atoms with Crippen LogP contribution in [0.15, 0.2) is 0 Å². The molecule has 1 N–H and O–H groups in total. The van der Waals surface area contributed by atoms with Crippen LogP contribution in [-0.4, -0.2) is 11.1 Å². The number of rotatable bonds is 21. The van der Waals surface area contributed by atoms with Gasteiger partial charge in [0.2, 0.25) is 0 Å². The topological polar surface area (TPSA) is 37.3 Å². The number of hydrogen-bond donors (Lipinski definition) is 1. The van der Waals surface area contributed by atoms with Gasteiger partial charge >= 0.3 is 5.97 Å². The summed E-state index contributed by atoms with van der Waals surface area (Å²) < 4.78 is 0. The monoisotopic (exact) mass is 398 g/mol. The van der Waals surface area contributed by atoms with Crippen LogP contribution in [0.4, 0.5) is 0 Å². The highest BCUT2D eigenvalue weighted by Crippen LogP contribution is 2.14. The van der Waals surface area contributed by atoms with Crippen molar-refractivity contribution in [1.82, 2.24) is 0 Å². The Morgan fingerprint density at radius 2 is 0.643 bits per heavy atom. The number of hydrogen-bond acceptors (Lipinski definition) is 1. The molecule has 28 heavy (non-hydrogen) atoms. The van der Waals surface area contributed by atoms with Crippen molar-refractivity contribution in [1.29, 1.82) is 0 Å². The quantitative estimate of drug-likeness (QED) is 0.195. The van der Waals surface area contributed by atoms with Crippen LogP contribution in [0, 0.1) is 0 Å². The van der Waals surface area contributed by atoms with Crippen molar-refractivity contribution in [2.24, 2.45) is 0 Å². The molecular formula is C26H54O2. The predicted molar refractivity (Wildman–Crippen MR) is 126 cm³/mol. The highest BCUT2D eigenvalue weighted by molar-refractivity contribution is 5.66. The molecule has 0 aromatic carbocycles. The van der Waals surface area contributed by atoms with Crippen molar-refractivity contribution >= 4 is 5.97 Å². The lowest BCUT2D eigenvalue weighted by Gasteiger charge is -2.03. The summed E-state index contributed by atoms with van der Waals surface area (Å²) in [5.41, 5.74) is 0. The maximum absolute atomic E-state index is 9.87. The first-order chi connectivity index (χ1) is 13.7. The first-order valence-corrected chi connectivity index (χ1v) is 12.9. The third-order valence-electron chi connectivity index (χ3n) is 5.45. The van der Waals surface area contributed by atoms with Gasteiger partial charge in [-0.1, -0.05) is 149 Å². The van der Waals surface area contributed by atoms with Gasteiger partial charge in [-0.15, -0.1) is 0 Å². The van der Waals surface area contributed by atoms with Gasteiger partial charge < -0.3 is 5.11 Å². The molecule has 0 rings (SSSR count). The van der Waals surface area contributed by atoms with E-state index >= 15 is 0 Å². The molecule has 0 saturated carbocycles. The predicted octanol–water partition coefficient (Wildman–Crippen LogP) is 9.70. The zero-order valence-corrected chi connectivity index (χ0v) is 19.9. The Balaban J connectivity index is 0. The smallest absolute Gasteiger partial charge is 0.303 e. The second-order valence-electron chi connectivity index (χ2n) is 8.51. The first-order valence-electron chi connectivity index (χ1n) is 12.9. The molecule has 2 heteroatoms. The fourth-order valence-electron chi connectivity index (χ4n) is 3.50. The summed E-state index contributed by atoms with van der Waals surface area (Å²) in [7, 11) is 0. The molecule has 0 saturated heterocycles. The Kier molecular flexibility index (Phi) is 30.4. The lowest BCUT2D eigenvalue weighted by Crippen LogP contribution is -1.92. The summed E-state index contributed by atoms with van der Waals surface area (Å²) in [6.45, 7) is 6.65. The van der Waals surface area contributed by atoms with Crippen LogP contribution in [0.5, 0.6) is 0 Å². The SMILES string of the molecule is CCCCCC(=O)O.CCCCCCCCCCCCCCCCCCCC. The zero-order valence-electron chi connectivity index (χ0n) is 19.9. The molecule has 2 nitrogen and oxygen atoms in total. The maximum atomic E-state index is 9.87. The van der Waals surface area contributed by atoms with Crippen LogP contribution in [0.25, 0.3) is 0 Å². The average molecular weight is 399 g/mol. The summed E-state index contributed by atoms with van der Waals surface area (Å²) in [6, 6.07) is 0. The van der Waals surface area contributed by atoms with E-state index in [0.717, 1.165) is 19.3 Å². The molecule has 0 radical (unpaired) electrons. The molecule has 0 aromatic heterocycles. The Morgan fingerprint density at radius 3 is 0.857 bits per heavy atom. The third kappa shape index (κ3) is 33.1. The Morgan fingerprint density at radius 1 is 0.429 bits per heavy atom. The minimum absolute atomic E-state index is 0.327. The number of aliphatic carboxylic acids is 1. The van der Waals surface area contributed by atoms with E-state index < -0.39 is 5.97 Å². The highest BCUT2D eigenvalue weighted by Gasteiger charge is 1.94. The summed E-state index contributed by atoms with van der Waals surface area (Å²) in [4.78, 5) is 9.87. The molecule has 0 fully saturated rings. The van der Waals surface area contributed by atoms with Crippen LogP contribution >= 0.6 is 0 Å². The Hall–Kier alpha value is -0.530. The summed E-state index contributed by atoms with van der Waals surface area (Å²) in [5, 5.41) is 8.14. The molecule has 0 aliphatic carbocycles. The van der Waals surface area contributed by atoms with Crippen molar-refractivity contribution in [3.05, 3.63) is 0 Å². The minimum Gasteiger partial charge on any atom is -0.481 e. The van der Waals surface area contributed by atoms with E-state index in [1.165, 1.54) is 116 Å². The van der Waals surface area contributed by atoms with Gasteiger partial charge in [0, 0.05) is 6.42 Å². The Labute approximate surface area is 178 Å². The van der Waals surface area contributed by atoms with Crippen molar-refractivity contribution < 1.29 is 9.90 Å². The van der Waals surface area contributed by atoms with Gasteiger partial charge in [0.25, 0.3) is 0 Å². The van der Waals surface area contributed by atoms with Gasteiger partial charge in [0.05, 0.1) is 0 Å². The molecule has 170 valence electrons. The van der Waals surface area contributed by atoms with Gasteiger partial charge in [-0.2, -0.15) is 0 Å². The number of unbranched alkanes of at least 4 members (excludes halogenated alkanes) is 19. The second-order valence-corrected chi connectivity index (χ2v) is 8.51. The molecular weight excluding hydrogens is 344 g/mol. The van der Waals surface area contributed by atoms with Crippen LogP contribution in [0.2, 0.25) is 0 Å². The number of carboxylic acids is 1. The number of carbonyl (C=O) groups is 1. The van der Waals surface area contributed by atoms with E-state index in [0.29, 0.717) is 6.42 Å². The molecule has 0 aromatic rings. The largest absolute Gasteiger partial charge is 0.481 e. The molecule has 0 unspecified atom stereocenters. The molecule has 0 aliphatic heterocycles. The van der Waals surface area contributed by atoms with Crippen LogP contribution in [0.3, 0.4) is 0 Å². The van der Waals surface area contributed by atoms with E-state index in [1.54, 1.807) is 0 Å². The number of carboxylic acid groups (broad SMARTS) is 1. The van der Waals surface area contributed by atoms with E-state index in [1.807, 2.05) is 0 Å². The highest BCUT2D eigenvalue weighted by atomic mass is 16.4. The molecule has 0 bridgehead atoms. The van der Waals surface area contributed by atoms with Gasteiger partial charge in [-0.3, -0.25) is 4.79 Å². The van der Waals surface area contributed by atoms with Crippen molar-refractivity contribution in [2.75, 3.05) is 0 Å². The second kappa shape index (κ2) is 28.7. The summed E-state index contributed by atoms with van der Waals surface area (Å²) >= 11 is 0. The van der Waals surface area contributed by atoms with Crippen LogP contribution in [0.1, 0.15) is 162 Å². The third-order valence-corrected chi connectivity index (χ3v) is 5.45. The van der Waals surface area contributed by atoms with Crippen molar-refractivity contribution in [2.45, 2.75) is 162 Å².